The third-order valence-corrected chi connectivity index (χ3v) is 7.96. The lowest BCUT2D eigenvalue weighted by Crippen LogP contribution is -1.87. The van der Waals surface area contributed by atoms with Gasteiger partial charge in [0, 0.05) is 20.6 Å². The van der Waals surface area contributed by atoms with Crippen molar-refractivity contribution in [2.24, 2.45) is 0 Å². The van der Waals surface area contributed by atoms with Gasteiger partial charge in [-0.1, -0.05) is 109 Å². The van der Waals surface area contributed by atoms with Crippen molar-refractivity contribution in [1.82, 2.24) is 0 Å². The molecule has 0 aliphatic heterocycles. The van der Waals surface area contributed by atoms with Gasteiger partial charge in [-0.3, -0.25) is 0 Å². The molecular weight excluding hydrogens is 528 g/mol. The Labute approximate surface area is 239 Å². The molecule has 0 radical (unpaired) electrons. The lowest BCUT2D eigenvalue weighted by atomic mass is 9.91. The Morgan fingerprint density at radius 1 is 0.526 bits per heavy atom. The van der Waals surface area contributed by atoms with E-state index in [4.69, 9.17) is 15.4 Å². The van der Waals surface area contributed by atoms with E-state index >= 15 is 0 Å². The number of rotatable bonds is 2. The molecule has 0 aliphatic rings. The summed E-state index contributed by atoms with van der Waals surface area (Å²) in [5.41, 5.74) is 4.22. The SMILES string of the molecule is [2H]c1c([2H])c([2H])c2c(-c3ccc4oc5c6ccccc6c(-c6ccccc6)cc5c4c3)c3c([2H])c([2H])c([2H])c([2H])c3c(Br)c2c1[2H]. The number of hydrogen-bond acceptors (Lipinski definition) is 1. The van der Waals surface area contributed by atoms with E-state index in [2.05, 4.69) is 40.2 Å². The molecule has 0 bridgehead atoms. The van der Waals surface area contributed by atoms with Gasteiger partial charge in [-0.25, -0.2) is 0 Å². The summed E-state index contributed by atoms with van der Waals surface area (Å²) in [5, 5.41) is 4.22. The molecule has 1 aromatic heterocycles. The highest BCUT2D eigenvalue weighted by atomic mass is 79.9. The van der Waals surface area contributed by atoms with E-state index in [-0.39, 0.29) is 50.2 Å². The summed E-state index contributed by atoms with van der Waals surface area (Å²) in [6.07, 6.45) is 0. The molecule has 2 heteroatoms. The highest BCUT2D eigenvalue weighted by Crippen LogP contribution is 2.44. The molecule has 0 atom stereocenters. The van der Waals surface area contributed by atoms with Crippen LogP contribution in [0.1, 0.15) is 11.0 Å². The van der Waals surface area contributed by atoms with Crippen molar-refractivity contribution in [3.63, 3.8) is 0 Å². The highest BCUT2D eigenvalue weighted by molar-refractivity contribution is 9.10. The first-order valence-electron chi connectivity index (χ1n) is 16.2. The molecule has 0 fully saturated rings. The largest absolute Gasteiger partial charge is 0.455 e. The number of benzene rings is 7. The van der Waals surface area contributed by atoms with Crippen LogP contribution < -0.4 is 0 Å². The molecule has 8 rings (SSSR count). The van der Waals surface area contributed by atoms with E-state index in [0.29, 0.717) is 22.3 Å². The Morgan fingerprint density at radius 2 is 1.16 bits per heavy atom. The molecule has 8 aromatic rings. The second-order valence-electron chi connectivity index (χ2n) is 9.21. The van der Waals surface area contributed by atoms with Gasteiger partial charge in [-0.2, -0.15) is 0 Å². The normalized spacial score (nSPS) is 14.8. The van der Waals surface area contributed by atoms with Crippen LogP contribution >= 0.6 is 15.9 Å². The van der Waals surface area contributed by atoms with E-state index in [1.165, 1.54) is 0 Å². The maximum absolute atomic E-state index is 8.96. The summed E-state index contributed by atoms with van der Waals surface area (Å²) in [4.78, 5) is 0. The Morgan fingerprint density at radius 3 is 1.87 bits per heavy atom. The van der Waals surface area contributed by atoms with Crippen molar-refractivity contribution in [2.45, 2.75) is 0 Å². The van der Waals surface area contributed by atoms with Gasteiger partial charge >= 0.3 is 0 Å². The summed E-state index contributed by atoms with van der Waals surface area (Å²) in [6, 6.07) is 22.8. The molecule has 0 N–H and O–H groups in total. The van der Waals surface area contributed by atoms with E-state index in [1.54, 1.807) is 12.1 Å². The van der Waals surface area contributed by atoms with Crippen LogP contribution in [0.4, 0.5) is 0 Å². The zero-order chi connectivity index (χ0) is 32.2. The van der Waals surface area contributed by atoms with Crippen LogP contribution in [0.15, 0.2) is 136 Å². The summed E-state index contributed by atoms with van der Waals surface area (Å²) in [6.45, 7) is 0. The maximum atomic E-state index is 8.96. The smallest absolute Gasteiger partial charge is 0.143 e. The van der Waals surface area contributed by atoms with Gasteiger partial charge in [-0.05, 0) is 83.3 Å². The standard InChI is InChI=1S/C36H21BrO/c37-35-27-15-7-5-13-25(27)34(26-14-6-8-16-28(26)35)23-18-19-33-31(20-23)32-21-30(22-10-2-1-3-11-22)24-12-4-9-17-29(24)36(32)38-33/h1-21H/i5D,6D,7D,8D,13D,14D,15D,16D. The minimum Gasteiger partial charge on any atom is -0.455 e. The molecule has 0 saturated carbocycles. The molecule has 0 spiro atoms. The molecule has 0 amide bonds. The molecule has 178 valence electrons. The van der Waals surface area contributed by atoms with E-state index in [9.17, 15) is 0 Å². The predicted octanol–water partition coefficient (Wildman–Crippen LogP) is 11.1. The molecule has 0 unspecified atom stereocenters. The Hall–Kier alpha value is -4.40. The van der Waals surface area contributed by atoms with Crippen LogP contribution in [0.2, 0.25) is 0 Å². The minimum absolute atomic E-state index is 0.146. The molecule has 0 aliphatic carbocycles. The van der Waals surface area contributed by atoms with E-state index in [1.807, 2.05) is 42.5 Å². The number of halogens is 1. The maximum Gasteiger partial charge on any atom is 0.143 e. The van der Waals surface area contributed by atoms with Crippen molar-refractivity contribution < 1.29 is 15.4 Å². The third kappa shape index (κ3) is 3.11. The third-order valence-electron chi connectivity index (χ3n) is 7.16. The second-order valence-corrected chi connectivity index (χ2v) is 10.0. The summed E-state index contributed by atoms with van der Waals surface area (Å²) < 4.78 is 75.9. The first-order chi connectivity index (χ1) is 22.1. The fraction of sp³-hybridized carbons (Fsp3) is 0. The average Bonchev–Trinajstić information content (AvgIpc) is 3.45. The zero-order valence-corrected chi connectivity index (χ0v) is 21.4. The van der Waals surface area contributed by atoms with Crippen molar-refractivity contribution in [3.05, 3.63) is 132 Å². The topological polar surface area (TPSA) is 13.1 Å². The molecular formula is C36H21BrO. The Kier molecular flexibility index (Phi) is 3.30. The number of fused-ring (bicyclic) bond motifs is 7. The van der Waals surface area contributed by atoms with Gasteiger partial charge in [0.1, 0.15) is 11.2 Å². The van der Waals surface area contributed by atoms with Crippen LogP contribution in [0.5, 0.6) is 0 Å². The van der Waals surface area contributed by atoms with Gasteiger partial charge in [0.05, 0.1) is 11.0 Å². The van der Waals surface area contributed by atoms with Crippen LogP contribution in [0, 0.1) is 0 Å². The number of furan rings is 1. The van der Waals surface area contributed by atoms with Gasteiger partial charge in [-0.15, -0.1) is 0 Å². The van der Waals surface area contributed by atoms with E-state index in [0.717, 1.165) is 32.7 Å². The molecule has 1 nitrogen and oxygen atoms in total. The lowest BCUT2D eigenvalue weighted by Gasteiger charge is -2.14. The van der Waals surface area contributed by atoms with E-state index < -0.39 is 24.2 Å². The van der Waals surface area contributed by atoms with Crippen LogP contribution in [0.3, 0.4) is 0 Å². The Balaban J connectivity index is 1.57. The summed E-state index contributed by atoms with van der Waals surface area (Å²) in [5.74, 6) is 0. The van der Waals surface area contributed by atoms with Crippen LogP contribution in [-0.4, -0.2) is 0 Å². The Bertz CT molecular complexity index is 2550. The van der Waals surface area contributed by atoms with Crippen LogP contribution in [0.25, 0.3) is 76.5 Å². The second kappa shape index (κ2) is 8.31. The van der Waals surface area contributed by atoms with Gasteiger partial charge < -0.3 is 4.42 Å². The van der Waals surface area contributed by atoms with Gasteiger partial charge in [0.25, 0.3) is 0 Å². The fourth-order valence-corrected chi connectivity index (χ4v) is 6.07. The van der Waals surface area contributed by atoms with Crippen molar-refractivity contribution in [3.8, 4) is 22.3 Å². The monoisotopic (exact) mass is 556 g/mol. The highest BCUT2D eigenvalue weighted by Gasteiger charge is 2.18. The first-order valence-corrected chi connectivity index (χ1v) is 12.9. The van der Waals surface area contributed by atoms with Crippen LogP contribution in [-0.2, 0) is 0 Å². The molecule has 38 heavy (non-hydrogen) atoms. The molecule has 7 aromatic carbocycles. The van der Waals surface area contributed by atoms with Gasteiger partial charge in [0.15, 0.2) is 0 Å². The number of hydrogen-bond donors (Lipinski definition) is 0. The van der Waals surface area contributed by atoms with Crippen molar-refractivity contribution in [1.29, 1.82) is 0 Å². The summed E-state index contributed by atoms with van der Waals surface area (Å²) >= 11 is 3.49. The lowest BCUT2D eigenvalue weighted by molar-refractivity contribution is 0.673. The fourth-order valence-electron chi connectivity index (χ4n) is 5.48. The molecule has 1 heterocycles. The molecule has 0 saturated heterocycles. The zero-order valence-electron chi connectivity index (χ0n) is 27.8. The first kappa shape index (κ1) is 15.1. The summed E-state index contributed by atoms with van der Waals surface area (Å²) in [7, 11) is 0. The quantitative estimate of drug-likeness (QED) is 0.193. The average molecular weight is 558 g/mol. The predicted molar refractivity (Wildman–Crippen MR) is 165 cm³/mol. The minimum atomic E-state index is -0.431. The van der Waals surface area contributed by atoms with Crippen molar-refractivity contribution in [2.75, 3.05) is 0 Å². The van der Waals surface area contributed by atoms with Crippen molar-refractivity contribution >= 4 is 70.2 Å². The van der Waals surface area contributed by atoms with Gasteiger partial charge in [0.2, 0.25) is 0 Å².